The van der Waals surface area contributed by atoms with Crippen LogP contribution in [0, 0.1) is 5.92 Å². The molecule has 17 heavy (non-hydrogen) atoms. The van der Waals surface area contributed by atoms with Crippen molar-refractivity contribution in [3.8, 4) is 0 Å². The van der Waals surface area contributed by atoms with Gasteiger partial charge in [0.1, 0.15) is 0 Å². The summed E-state index contributed by atoms with van der Waals surface area (Å²) in [4.78, 5) is 2.15. The molecule has 2 rings (SSSR count). The van der Waals surface area contributed by atoms with Crippen molar-refractivity contribution in [2.45, 2.75) is 19.7 Å². The maximum absolute atomic E-state index is 9.59. The van der Waals surface area contributed by atoms with Gasteiger partial charge < -0.3 is 15.2 Å². The van der Waals surface area contributed by atoms with Gasteiger partial charge in [0, 0.05) is 12.2 Å². The number of piperidine rings is 1. The van der Waals surface area contributed by atoms with Crippen LogP contribution in [0.15, 0.2) is 30.3 Å². The normalized spacial score (nSPS) is 21.2. The highest BCUT2D eigenvalue weighted by atomic mass is 16.2. The molecule has 1 aliphatic heterocycles. The number of nitrogens with zero attached hydrogens (tertiary/aromatic N) is 1. The Morgan fingerprint density at radius 1 is 1.41 bits per heavy atom. The van der Waals surface area contributed by atoms with Crippen LogP contribution >= 0.6 is 0 Å². The van der Waals surface area contributed by atoms with Gasteiger partial charge in [0.25, 0.3) is 0 Å². The summed E-state index contributed by atoms with van der Waals surface area (Å²) in [5.74, 6) is 0.638. The van der Waals surface area contributed by atoms with Crippen LogP contribution in [0.4, 0.5) is 5.69 Å². The third kappa shape index (κ3) is 3.75. The second-order valence-electron chi connectivity index (χ2n) is 4.88. The van der Waals surface area contributed by atoms with Crippen molar-refractivity contribution in [3.63, 3.8) is 0 Å². The van der Waals surface area contributed by atoms with Crippen LogP contribution in [-0.4, -0.2) is 36.5 Å². The van der Waals surface area contributed by atoms with Crippen molar-refractivity contribution >= 4 is 12.7 Å². The molecule has 1 heterocycles. The molecule has 0 aromatic heterocycles. The molecule has 4 heteroatoms. The molecule has 0 aliphatic carbocycles. The average Bonchev–Trinajstić information content (AvgIpc) is 2.38. The first-order valence-electron chi connectivity index (χ1n) is 6.47. The van der Waals surface area contributed by atoms with E-state index in [0.717, 1.165) is 19.6 Å². The molecule has 1 aromatic rings. The van der Waals surface area contributed by atoms with Gasteiger partial charge in [0.2, 0.25) is 0 Å². The van der Waals surface area contributed by atoms with E-state index < -0.39 is 0 Å². The molecule has 0 bridgehead atoms. The maximum Gasteiger partial charge on any atom is 0.376 e. The number of anilines is 1. The fourth-order valence-electron chi connectivity index (χ4n) is 2.42. The summed E-state index contributed by atoms with van der Waals surface area (Å²) in [6.07, 6.45) is 2.44. The van der Waals surface area contributed by atoms with Crippen LogP contribution in [0.2, 0.25) is 6.82 Å². The molecule has 0 unspecified atom stereocenters. The standard InChI is InChI=1S/C13H21BN2O/c1-14(17)16-9-5-6-12(11-16)10-15-13-7-3-2-4-8-13/h2-4,7-8,12,15,17H,5-6,9-11H2,1H3/t12-/m1/s1. The quantitative estimate of drug-likeness (QED) is 0.778. The fraction of sp³-hybridized carbons (Fsp3) is 0.538. The van der Waals surface area contributed by atoms with Crippen LogP contribution in [0.5, 0.6) is 0 Å². The zero-order valence-corrected chi connectivity index (χ0v) is 10.5. The predicted octanol–water partition coefficient (Wildman–Crippen LogP) is 1.92. The van der Waals surface area contributed by atoms with Gasteiger partial charge in [-0.2, -0.15) is 0 Å². The molecule has 1 saturated heterocycles. The fourth-order valence-corrected chi connectivity index (χ4v) is 2.42. The third-order valence-corrected chi connectivity index (χ3v) is 3.45. The van der Waals surface area contributed by atoms with Crippen molar-refractivity contribution in [1.29, 1.82) is 0 Å². The first-order valence-corrected chi connectivity index (χ1v) is 6.47. The summed E-state index contributed by atoms with van der Waals surface area (Å²) in [5, 5.41) is 13.1. The van der Waals surface area contributed by atoms with Gasteiger partial charge in [-0.1, -0.05) is 18.2 Å². The second kappa shape index (κ2) is 6.08. The maximum atomic E-state index is 9.59. The van der Waals surface area contributed by atoms with E-state index in [-0.39, 0.29) is 7.05 Å². The Morgan fingerprint density at radius 3 is 2.88 bits per heavy atom. The SMILES string of the molecule is CB(O)N1CCC[C@H](CNc2ccccc2)C1. The van der Waals surface area contributed by atoms with Crippen LogP contribution in [0.3, 0.4) is 0 Å². The van der Waals surface area contributed by atoms with Gasteiger partial charge in [0.05, 0.1) is 0 Å². The van der Waals surface area contributed by atoms with Crippen molar-refractivity contribution in [1.82, 2.24) is 4.81 Å². The number of hydrogen-bond acceptors (Lipinski definition) is 3. The van der Waals surface area contributed by atoms with E-state index in [2.05, 4.69) is 22.3 Å². The van der Waals surface area contributed by atoms with E-state index in [1.807, 2.05) is 25.0 Å². The summed E-state index contributed by atoms with van der Waals surface area (Å²) in [6, 6.07) is 10.3. The van der Waals surface area contributed by atoms with Crippen molar-refractivity contribution in [2.24, 2.45) is 5.92 Å². The monoisotopic (exact) mass is 232 g/mol. The largest absolute Gasteiger partial charge is 0.437 e. The number of para-hydroxylation sites is 1. The van der Waals surface area contributed by atoms with Gasteiger partial charge in [-0.3, -0.25) is 0 Å². The topological polar surface area (TPSA) is 35.5 Å². The molecule has 1 aromatic carbocycles. The first kappa shape index (κ1) is 12.5. The van der Waals surface area contributed by atoms with Crippen LogP contribution < -0.4 is 5.32 Å². The van der Waals surface area contributed by atoms with Crippen LogP contribution in [0.1, 0.15) is 12.8 Å². The lowest BCUT2D eigenvalue weighted by Gasteiger charge is -2.33. The second-order valence-corrected chi connectivity index (χ2v) is 4.88. The lowest BCUT2D eigenvalue weighted by molar-refractivity contribution is 0.250. The Morgan fingerprint density at radius 2 is 2.18 bits per heavy atom. The van der Waals surface area contributed by atoms with Gasteiger partial charge >= 0.3 is 7.05 Å². The molecule has 1 aliphatic rings. The predicted molar refractivity (Wildman–Crippen MR) is 73.1 cm³/mol. The van der Waals surface area contributed by atoms with Crippen LogP contribution in [-0.2, 0) is 0 Å². The van der Waals surface area contributed by atoms with E-state index in [1.54, 1.807) is 0 Å². The molecular formula is C13H21BN2O. The molecule has 0 radical (unpaired) electrons. The summed E-state index contributed by atoms with van der Waals surface area (Å²) >= 11 is 0. The summed E-state index contributed by atoms with van der Waals surface area (Å²) < 4.78 is 0. The van der Waals surface area contributed by atoms with E-state index in [0.29, 0.717) is 5.92 Å². The van der Waals surface area contributed by atoms with Gasteiger partial charge in [-0.15, -0.1) is 0 Å². The van der Waals surface area contributed by atoms with Crippen molar-refractivity contribution < 1.29 is 5.02 Å². The first-order chi connectivity index (χ1) is 8.25. The van der Waals surface area contributed by atoms with E-state index >= 15 is 0 Å². The highest BCUT2D eigenvalue weighted by molar-refractivity contribution is 6.45. The van der Waals surface area contributed by atoms with E-state index in [4.69, 9.17) is 0 Å². The van der Waals surface area contributed by atoms with Gasteiger partial charge in [0.15, 0.2) is 0 Å². The number of nitrogens with one attached hydrogen (secondary N) is 1. The molecule has 1 atom stereocenters. The van der Waals surface area contributed by atoms with Crippen molar-refractivity contribution in [2.75, 3.05) is 25.0 Å². The molecule has 0 amide bonds. The zero-order chi connectivity index (χ0) is 12.1. The Labute approximate surface area is 104 Å². The van der Waals surface area contributed by atoms with E-state index in [1.165, 1.54) is 18.5 Å². The number of rotatable bonds is 4. The molecule has 0 saturated carbocycles. The van der Waals surface area contributed by atoms with Gasteiger partial charge in [-0.05, 0) is 50.8 Å². The lowest BCUT2D eigenvalue weighted by atomic mass is 9.80. The number of hydrogen-bond donors (Lipinski definition) is 2. The van der Waals surface area contributed by atoms with E-state index in [9.17, 15) is 5.02 Å². The van der Waals surface area contributed by atoms with Crippen molar-refractivity contribution in [3.05, 3.63) is 30.3 Å². The molecular weight excluding hydrogens is 211 g/mol. The molecule has 2 N–H and O–H groups in total. The summed E-state index contributed by atoms with van der Waals surface area (Å²) in [7, 11) is -0.311. The van der Waals surface area contributed by atoms with Crippen LogP contribution in [0.25, 0.3) is 0 Å². The Hall–Kier alpha value is -0.995. The highest BCUT2D eigenvalue weighted by Crippen LogP contribution is 2.17. The molecule has 0 spiro atoms. The molecule has 1 fully saturated rings. The number of benzene rings is 1. The summed E-state index contributed by atoms with van der Waals surface area (Å²) in [5.41, 5.74) is 1.18. The molecule has 92 valence electrons. The smallest absolute Gasteiger partial charge is 0.376 e. The average molecular weight is 232 g/mol. The van der Waals surface area contributed by atoms with Gasteiger partial charge in [-0.25, -0.2) is 0 Å². The highest BCUT2D eigenvalue weighted by Gasteiger charge is 2.24. The minimum Gasteiger partial charge on any atom is -0.437 e. The Kier molecular flexibility index (Phi) is 4.46. The minimum absolute atomic E-state index is 0.311. The lowest BCUT2D eigenvalue weighted by Crippen LogP contribution is -2.45. The third-order valence-electron chi connectivity index (χ3n) is 3.45. The zero-order valence-electron chi connectivity index (χ0n) is 10.5. The molecule has 3 nitrogen and oxygen atoms in total. The Bertz CT molecular complexity index is 331. The Balaban J connectivity index is 1.79. The summed E-state index contributed by atoms with van der Waals surface area (Å²) in [6.45, 7) is 4.87. The minimum atomic E-state index is -0.311.